The molecular formula is C10H17N3O. The lowest BCUT2D eigenvalue weighted by Crippen LogP contribution is -2.24. The van der Waals surface area contributed by atoms with Gasteiger partial charge in [-0.05, 0) is 27.7 Å². The summed E-state index contributed by atoms with van der Waals surface area (Å²) in [6, 6.07) is 0.409. The van der Waals surface area contributed by atoms with E-state index in [-0.39, 0.29) is 5.60 Å². The number of rotatable bonds is 2. The highest BCUT2D eigenvalue weighted by Crippen LogP contribution is 2.14. The van der Waals surface area contributed by atoms with Crippen LogP contribution in [0.15, 0.2) is 6.20 Å². The maximum atomic E-state index is 5.52. The number of aryl methyl sites for hydroxylation is 1. The second-order valence-electron chi connectivity index (χ2n) is 4.18. The predicted octanol–water partition coefficient (Wildman–Crippen LogP) is 1.42. The van der Waals surface area contributed by atoms with Crippen LogP contribution in [-0.4, -0.2) is 15.6 Å². The highest BCUT2D eigenvalue weighted by Gasteiger charge is 2.14. The number of aromatic nitrogens is 2. The summed E-state index contributed by atoms with van der Waals surface area (Å²) in [5.74, 6) is 0. The van der Waals surface area contributed by atoms with Gasteiger partial charge in [0.15, 0.2) is 0 Å². The molecule has 0 atom stereocenters. The van der Waals surface area contributed by atoms with Crippen molar-refractivity contribution in [2.24, 2.45) is 5.73 Å². The van der Waals surface area contributed by atoms with Crippen molar-refractivity contribution in [1.82, 2.24) is 9.97 Å². The van der Waals surface area contributed by atoms with Crippen LogP contribution in [0.2, 0.25) is 0 Å². The average Bonchev–Trinajstić information content (AvgIpc) is 2.01. The van der Waals surface area contributed by atoms with E-state index < -0.39 is 0 Å². The molecule has 0 bridgehead atoms. The quantitative estimate of drug-likeness (QED) is 0.775. The van der Waals surface area contributed by atoms with Crippen LogP contribution in [0.25, 0.3) is 0 Å². The van der Waals surface area contributed by atoms with Crippen molar-refractivity contribution in [3.05, 3.63) is 17.5 Å². The fourth-order valence-corrected chi connectivity index (χ4v) is 0.994. The molecule has 2 N–H and O–H groups in total. The van der Waals surface area contributed by atoms with Crippen LogP contribution in [-0.2, 0) is 6.54 Å². The van der Waals surface area contributed by atoms with Gasteiger partial charge in [0.25, 0.3) is 0 Å². The number of nitrogens with two attached hydrogens (primary N) is 1. The molecule has 0 aromatic carbocycles. The summed E-state index contributed by atoms with van der Waals surface area (Å²) in [4.78, 5) is 8.30. The highest BCUT2D eigenvalue weighted by molar-refractivity contribution is 5.17. The summed E-state index contributed by atoms with van der Waals surface area (Å²) in [5, 5.41) is 0. The highest BCUT2D eigenvalue weighted by atomic mass is 16.5. The average molecular weight is 195 g/mol. The zero-order valence-corrected chi connectivity index (χ0v) is 9.16. The maximum absolute atomic E-state index is 5.52. The van der Waals surface area contributed by atoms with E-state index in [2.05, 4.69) is 9.97 Å². The van der Waals surface area contributed by atoms with Crippen LogP contribution in [0.4, 0.5) is 0 Å². The summed E-state index contributed by atoms with van der Waals surface area (Å²) in [6.07, 6.45) is 1.71. The van der Waals surface area contributed by atoms with Crippen molar-refractivity contribution in [2.75, 3.05) is 0 Å². The molecule has 0 aliphatic rings. The van der Waals surface area contributed by atoms with E-state index in [4.69, 9.17) is 10.5 Å². The minimum absolute atomic E-state index is 0.267. The Morgan fingerprint density at radius 2 is 2.07 bits per heavy atom. The molecule has 78 valence electrons. The molecular weight excluding hydrogens is 178 g/mol. The lowest BCUT2D eigenvalue weighted by Gasteiger charge is -2.19. The fourth-order valence-electron chi connectivity index (χ4n) is 0.994. The van der Waals surface area contributed by atoms with Crippen LogP contribution in [0.5, 0.6) is 6.01 Å². The Balaban J connectivity index is 2.87. The van der Waals surface area contributed by atoms with Gasteiger partial charge in [0.2, 0.25) is 0 Å². The lowest BCUT2D eigenvalue weighted by molar-refractivity contribution is 0.116. The summed E-state index contributed by atoms with van der Waals surface area (Å²) < 4.78 is 5.52. The van der Waals surface area contributed by atoms with Gasteiger partial charge in [-0.3, -0.25) is 0 Å². The number of hydrogen-bond donors (Lipinski definition) is 1. The topological polar surface area (TPSA) is 61.0 Å². The molecule has 0 spiro atoms. The molecule has 0 aliphatic carbocycles. The van der Waals surface area contributed by atoms with Crippen LogP contribution in [0, 0.1) is 6.92 Å². The third-order valence-electron chi connectivity index (χ3n) is 1.68. The van der Waals surface area contributed by atoms with Gasteiger partial charge < -0.3 is 10.5 Å². The Kier molecular flexibility index (Phi) is 3.06. The normalized spacial score (nSPS) is 11.5. The van der Waals surface area contributed by atoms with Crippen LogP contribution >= 0.6 is 0 Å². The monoisotopic (exact) mass is 195 g/mol. The first kappa shape index (κ1) is 10.9. The Labute approximate surface area is 84.5 Å². The second-order valence-corrected chi connectivity index (χ2v) is 4.18. The van der Waals surface area contributed by atoms with E-state index in [0.29, 0.717) is 12.6 Å². The van der Waals surface area contributed by atoms with Gasteiger partial charge in [0.1, 0.15) is 5.60 Å². The van der Waals surface area contributed by atoms with Gasteiger partial charge in [-0.2, -0.15) is 0 Å². The molecule has 0 unspecified atom stereocenters. The minimum atomic E-state index is -0.267. The Bertz CT molecular complexity index is 318. The van der Waals surface area contributed by atoms with Gasteiger partial charge in [-0.15, -0.1) is 0 Å². The fraction of sp³-hybridized carbons (Fsp3) is 0.600. The zero-order chi connectivity index (χ0) is 10.8. The van der Waals surface area contributed by atoms with Crippen molar-refractivity contribution in [2.45, 2.75) is 39.8 Å². The number of ether oxygens (including phenoxy) is 1. The van der Waals surface area contributed by atoms with E-state index in [1.807, 2.05) is 27.7 Å². The van der Waals surface area contributed by atoms with Crippen molar-refractivity contribution >= 4 is 0 Å². The molecule has 0 saturated carbocycles. The molecule has 4 nitrogen and oxygen atoms in total. The van der Waals surface area contributed by atoms with Crippen LogP contribution < -0.4 is 10.5 Å². The predicted molar refractivity (Wildman–Crippen MR) is 55.0 cm³/mol. The van der Waals surface area contributed by atoms with Gasteiger partial charge >= 0.3 is 6.01 Å². The first-order valence-corrected chi connectivity index (χ1v) is 4.64. The first-order chi connectivity index (χ1) is 6.42. The van der Waals surface area contributed by atoms with Crippen molar-refractivity contribution in [3.8, 4) is 6.01 Å². The van der Waals surface area contributed by atoms with E-state index in [9.17, 15) is 0 Å². The molecule has 0 aliphatic heterocycles. The molecule has 0 amide bonds. The first-order valence-electron chi connectivity index (χ1n) is 4.64. The van der Waals surface area contributed by atoms with Crippen molar-refractivity contribution in [1.29, 1.82) is 0 Å². The molecule has 4 heteroatoms. The Morgan fingerprint density at radius 3 is 2.50 bits per heavy atom. The summed E-state index contributed by atoms with van der Waals surface area (Å²) in [7, 11) is 0. The summed E-state index contributed by atoms with van der Waals surface area (Å²) in [6.45, 7) is 8.24. The van der Waals surface area contributed by atoms with E-state index in [1.54, 1.807) is 6.20 Å². The van der Waals surface area contributed by atoms with Crippen molar-refractivity contribution in [3.63, 3.8) is 0 Å². The zero-order valence-electron chi connectivity index (χ0n) is 9.16. The molecule has 14 heavy (non-hydrogen) atoms. The second kappa shape index (κ2) is 3.92. The summed E-state index contributed by atoms with van der Waals surface area (Å²) >= 11 is 0. The third-order valence-corrected chi connectivity index (χ3v) is 1.68. The molecule has 1 heterocycles. The van der Waals surface area contributed by atoms with Crippen LogP contribution in [0.3, 0.4) is 0 Å². The van der Waals surface area contributed by atoms with Crippen molar-refractivity contribution < 1.29 is 4.74 Å². The molecule has 1 aromatic rings. The van der Waals surface area contributed by atoms with E-state index in [0.717, 1.165) is 11.3 Å². The molecule has 1 aromatic heterocycles. The maximum Gasteiger partial charge on any atom is 0.317 e. The SMILES string of the molecule is Cc1nc(OC(C)(C)C)ncc1CN. The smallest absolute Gasteiger partial charge is 0.317 e. The Morgan fingerprint density at radius 1 is 1.43 bits per heavy atom. The summed E-state index contributed by atoms with van der Waals surface area (Å²) in [5.41, 5.74) is 7.07. The molecule has 0 radical (unpaired) electrons. The van der Waals surface area contributed by atoms with E-state index >= 15 is 0 Å². The van der Waals surface area contributed by atoms with Gasteiger partial charge in [-0.1, -0.05) is 0 Å². The van der Waals surface area contributed by atoms with Gasteiger partial charge in [0.05, 0.1) is 0 Å². The molecule has 0 saturated heterocycles. The minimum Gasteiger partial charge on any atom is -0.458 e. The molecule has 0 fully saturated rings. The largest absolute Gasteiger partial charge is 0.458 e. The lowest BCUT2D eigenvalue weighted by atomic mass is 10.2. The number of nitrogens with zero attached hydrogens (tertiary/aromatic N) is 2. The standard InChI is InChI=1S/C10H17N3O/c1-7-8(5-11)6-12-9(13-7)14-10(2,3)4/h6H,5,11H2,1-4H3. The van der Waals surface area contributed by atoms with E-state index in [1.165, 1.54) is 0 Å². The van der Waals surface area contributed by atoms with Gasteiger partial charge in [-0.25, -0.2) is 9.97 Å². The third kappa shape index (κ3) is 2.96. The molecule has 1 rings (SSSR count). The van der Waals surface area contributed by atoms with Gasteiger partial charge in [0, 0.05) is 24.0 Å². The van der Waals surface area contributed by atoms with Crippen LogP contribution in [0.1, 0.15) is 32.0 Å². The Hall–Kier alpha value is -1.16. The number of hydrogen-bond acceptors (Lipinski definition) is 4.